The van der Waals surface area contributed by atoms with Gasteiger partial charge in [0.05, 0.1) is 0 Å². The molecule has 0 saturated heterocycles. The molecule has 0 fully saturated rings. The molecule has 2 aromatic rings. The standard InChI is InChI=1S/C14H16FN3O/c1-10(2)9-18-8-7-16-13(14(18)19)17-12-5-3-11(15)4-6-12/h3-8,10H,9H2,1-2H3,(H,16,17). The maximum Gasteiger partial charge on any atom is 0.293 e. The number of hydrogen-bond donors (Lipinski definition) is 1. The van der Waals surface area contributed by atoms with E-state index in [1.54, 1.807) is 29.1 Å². The van der Waals surface area contributed by atoms with Gasteiger partial charge in [-0.05, 0) is 30.2 Å². The number of rotatable bonds is 4. The van der Waals surface area contributed by atoms with Crippen LogP contribution in [0.1, 0.15) is 13.8 Å². The second-order valence-corrected chi connectivity index (χ2v) is 4.76. The number of halogens is 1. The van der Waals surface area contributed by atoms with Crippen LogP contribution in [0.5, 0.6) is 0 Å². The molecule has 0 bridgehead atoms. The van der Waals surface area contributed by atoms with Gasteiger partial charge in [0.15, 0.2) is 5.82 Å². The molecule has 4 nitrogen and oxygen atoms in total. The number of benzene rings is 1. The predicted molar refractivity (Wildman–Crippen MR) is 73.0 cm³/mol. The van der Waals surface area contributed by atoms with E-state index in [2.05, 4.69) is 10.3 Å². The van der Waals surface area contributed by atoms with Gasteiger partial charge in [-0.2, -0.15) is 0 Å². The molecule has 2 rings (SSSR count). The zero-order valence-corrected chi connectivity index (χ0v) is 10.9. The lowest BCUT2D eigenvalue weighted by atomic mass is 10.2. The molecule has 1 aromatic heterocycles. The number of hydrogen-bond acceptors (Lipinski definition) is 3. The molecule has 0 radical (unpaired) electrons. The highest BCUT2D eigenvalue weighted by Gasteiger charge is 2.06. The van der Waals surface area contributed by atoms with E-state index >= 15 is 0 Å². The predicted octanol–water partition coefficient (Wildman–Crippen LogP) is 2.78. The van der Waals surface area contributed by atoms with Crippen LogP contribution in [0.25, 0.3) is 0 Å². The fourth-order valence-corrected chi connectivity index (χ4v) is 1.74. The molecule has 0 aliphatic carbocycles. The summed E-state index contributed by atoms with van der Waals surface area (Å²) in [5.41, 5.74) is 0.453. The van der Waals surface area contributed by atoms with Crippen LogP contribution in [0.3, 0.4) is 0 Å². The molecule has 5 heteroatoms. The third kappa shape index (κ3) is 3.40. The second kappa shape index (κ2) is 5.65. The Kier molecular flexibility index (Phi) is 3.94. The molecule has 19 heavy (non-hydrogen) atoms. The third-order valence-corrected chi connectivity index (χ3v) is 2.58. The summed E-state index contributed by atoms with van der Waals surface area (Å²) >= 11 is 0. The smallest absolute Gasteiger partial charge is 0.293 e. The molecule has 1 aromatic carbocycles. The Morgan fingerprint density at radius 1 is 1.32 bits per heavy atom. The molecule has 0 saturated carbocycles. The first kappa shape index (κ1) is 13.3. The van der Waals surface area contributed by atoms with Crippen molar-refractivity contribution in [3.05, 3.63) is 52.8 Å². The average molecular weight is 261 g/mol. The van der Waals surface area contributed by atoms with E-state index in [0.717, 1.165) is 0 Å². The normalized spacial score (nSPS) is 10.7. The Hall–Kier alpha value is -2.17. The molecule has 1 N–H and O–H groups in total. The van der Waals surface area contributed by atoms with Gasteiger partial charge < -0.3 is 9.88 Å². The zero-order chi connectivity index (χ0) is 13.8. The lowest BCUT2D eigenvalue weighted by molar-refractivity contribution is 0.510. The molecule has 0 aliphatic heterocycles. The maximum atomic E-state index is 12.8. The monoisotopic (exact) mass is 261 g/mol. The Labute approximate surface area is 110 Å². The highest BCUT2D eigenvalue weighted by Crippen LogP contribution is 2.12. The molecular weight excluding hydrogens is 245 g/mol. The molecule has 0 amide bonds. The first-order valence-electron chi connectivity index (χ1n) is 6.14. The van der Waals surface area contributed by atoms with Crippen molar-refractivity contribution in [3.63, 3.8) is 0 Å². The van der Waals surface area contributed by atoms with Crippen LogP contribution in [-0.2, 0) is 6.54 Å². The van der Waals surface area contributed by atoms with E-state index in [-0.39, 0.29) is 17.2 Å². The van der Waals surface area contributed by atoms with E-state index in [1.807, 2.05) is 13.8 Å². The lowest BCUT2D eigenvalue weighted by Gasteiger charge is -2.10. The van der Waals surface area contributed by atoms with Crippen molar-refractivity contribution in [2.45, 2.75) is 20.4 Å². The molecule has 0 spiro atoms. The lowest BCUT2D eigenvalue weighted by Crippen LogP contribution is -2.24. The van der Waals surface area contributed by atoms with Crippen molar-refractivity contribution < 1.29 is 4.39 Å². The van der Waals surface area contributed by atoms with E-state index in [0.29, 0.717) is 18.2 Å². The van der Waals surface area contributed by atoms with Crippen molar-refractivity contribution in [3.8, 4) is 0 Å². The zero-order valence-electron chi connectivity index (χ0n) is 10.9. The average Bonchev–Trinajstić information content (AvgIpc) is 2.36. The minimum Gasteiger partial charge on any atom is -0.336 e. The Bertz CT molecular complexity index is 605. The van der Waals surface area contributed by atoms with E-state index in [9.17, 15) is 9.18 Å². The van der Waals surface area contributed by atoms with Crippen molar-refractivity contribution in [1.29, 1.82) is 0 Å². The minimum absolute atomic E-state index is 0.180. The molecule has 100 valence electrons. The molecule has 0 atom stereocenters. The van der Waals surface area contributed by atoms with Gasteiger partial charge in [-0.1, -0.05) is 13.8 Å². The van der Waals surface area contributed by atoms with E-state index in [4.69, 9.17) is 0 Å². The SMILES string of the molecule is CC(C)Cn1ccnc(Nc2ccc(F)cc2)c1=O. The van der Waals surface area contributed by atoms with E-state index in [1.165, 1.54) is 12.1 Å². The Balaban J connectivity index is 2.25. The van der Waals surface area contributed by atoms with Gasteiger partial charge in [0.25, 0.3) is 5.56 Å². The van der Waals surface area contributed by atoms with Gasteiger partial charge in [-0.25, -0.2) is 9.37 Å². The fourth-order valence-electron chi connectivity index (χ4n) is 1.74. The van der Waals surface area contributed by atoms with Crippen molar-refractivity contribution in [1.82, 2.24) is 9.55 Å². The van der Waals surface area contributed by atoms with Crippen LogP contribution in [-0.4, -0.2) is 9.55 Å². The summed E-state index contributed by atoms with van der Waals surface area (Å²) < 4.78 is 14.4. The summed E-state index contributed by atoms with van der Waals surface area (Å²) in [4.78, 5) is 16.2. The largest absolute Gasteiger partial charge is 0.336 e. The van der Waals surface area contributed by atoms with Crippen LogP contribution in [0.15, 0.2) is 41.5 Å². The van der Waals surface area contributed by atoms with Crippen molar-refractivity contribution in [2.75, 3.05) is 5.32 Å². The summed E-state index contributed by atoms with van der Waals surface area (Å²) in [6.07, 6.45) is 3.24. The Morgan fingerprint density at radius 2 is 2.00 bits per heavy atom. The van der Waals surface area contributed by atoms with Crippen LogP contribution < -0.4 is 10.9 Å². The summed E-state index contributed by atoms with van der Waals surface area (Å²) in [6, 6.07) is 5.79. The van der Waals surface area contributed by atoms with Gasteiger partial charge in [0, 0.05) is 24.6 Å². The highest BCUT2D eigenvalue weighted by molar-refractivity contribution is 5.54. The summed E-state index contributed by atoms with van der Waals surface area (Å²) in [7, 11) is 0. The number of nitrogens with zero attached hydrogens (tertiary/aromatic N) is 2. The highest BCUT2D eigenvalue weighted by atomic mass is 19.1. The number of anilines is 2. The quantitative estimate of drug-likeness (QED) is 0.920. The summed E-state index contributed by atoms with van der Waals surface area (Å²) in [6.45, 7) is 4.72. The molecule has 1 heterocycles. The summed E-state index contributed by atoms with van der Waals surface area (Å²) in [5.74, 6) is 0.303. The first-order valence-corrected chi connectivity index (χ1v) is 6.14. The van der Waals surface area contributed by atoms with Crippen LogP contribution in [0.2, 0.25) is 0 Å². The Morgan fingerprint density at radius 3 is 2.63 bits per heavy atom. The van der Waals surface area contributed by atoms with Crippen LogP contribution >= 0.6 is 0 Å². The first-order chi connectivity index (χ1) is 9.06. The van der Waals surface area contributed by atoms with Gasteiger partial charge in [-0.3, -0.25) is 4.79 Å². The number of aromatic nitrogens is 2. The van der Waals surface area contributed by atoms with Gasteiger partial charge >= 0.3 is 0 Å². The van der Waals surface area contributed by atoms with Gasteiger partial charge in [0.1, 0.15) is 5.82 Å². The molecular formula is C14H16FN3O. The fraction of sp³-hybridized carbons (Fsp3) is 0.286. The molecule has 0 unspecified atom stereocenters. The number of nitrogens with one attached hydrogen (secondary N) is 1. The second-order valence-electron chi connectivity index (χ2n) is 4.76. The van der Waals surface area contributed by atoms with Gasteiger partial charge in [-0.15, -0.1) is 0 Å². The van der Waals surface area contributed by atoms with Crippen LogP contribution in [0.4, 0.5) is 15.9 Å². The van der Waals surface area contributed by atoms with Crippen molar-refractivity contribution in [2.24, 2.45) is 5.92 Å². The minimum atomic E-state index is -0.316. The van der Waals surface area contributed by atoms with Gasteiger partial charge in [0.2, 0.25) is 0 Å². The molecule has 0 aliphatic rings. The van der Waals surface area contributed by atoms with Crippen LogP contribution in [0, 0.1) is 11.7 Å². The third-order valence-electron chi connectivity index (χ3n) is 2.58. The summed E-state index contributed by atoms with van der Waals surface area (Å²) in [5, 5.41) is 2.90. The van der Waals surface area contributed by atoms with Crippen molar-refractivity contribution >= 4 is 11.5 Å². The maximum absolute atomic E-state index is 12.8. The topological polar surface area (TPSA) is 46.9 Å². The van der Waals surface area contributed by atoms with E-state index < -0.39 is 0 Å².